The molecule has 0 spiro atoms. The van der Waals surface area contributed by atoms with Gasteiger partial charge in [-0.2, -0.15) is 0 Å². The van der Waals surface area contributed by atoms with Gasteiger partial charge in [0.1, 0.15) is 0 Å². The summed E-state index contributed by atoms with van der Waals surface area (Å²) in [5, 5.41) is 0. The summed E-state index contributed by atoms with van der Waals surface area (Å²) in [7, 11) is 0. The predicted octanol–water partition coefficient (Wildman–Crippen LogP) is 0.997. The van der Waals surface area contributed by atoms with Crippen LogP contribution in [0, 0.1) is 11.8 Å². The quantitative estimate of drug-likeness (QED) is 0.783. The Morgan fingerprint density at radius 3 is 2.88 bits per heavy atom. The molecule has 0 aromatic rings. The molecule has 2 rings (SSSR count). The highest BCUT2D eigenvalue weighted by molar-refractivity contribution is 5.79. The number of piperidine rings is 1. The standard InChI is InChI=1S/C13H24N2O2/c1-3-10-7-15(5-4-12(10)14)13(16)11-6-9(2)17-8-11/h9-12H,3-8,14H2,1-2H3. The van der Waals surface area contributed by atoms with Crippen molar-refractivity contribution in [2.75, 3.05) is 19.7 Å². The maximum atomic E-state index is 12.3. The molecule has 0 aromatic carbocycles. The summed E-state index contributed by atoms with van der Waals surface area (Å²) in [6.45, 7) is 6.44. The number of carbonyl (C=O) groups excluding carboxylic acids is 1. The third-order valence-electron chi connectivity index (χ3n) is 4.18. The van der Waals surface area contributed by atoms with Gasteiger partial charge in [-0.15, -0.1) is 0 Å². The smallest absolute Gasteiger partial charge is 0.228 e. The number of likely N-dealkylation sites (tertiary alicyclic amines) is 1. The Hall–Kier alpha value is -0.610. The lowest BCUT2D eigenvalue weighted by Crippen LogP contribution is -2.50. The van der Waals surface area contributed by atoms with Crippen LogP contribution in [0.5, 0.6) is 0 Å². The zero-order valence-corrected chi connectivity index (χ0v) is 10.9. The molecule has 17 heavy (non-hydrogen) atoms. The Kier molecular flexibility index (Phi) is 4.05. The lowest BCUT2D eigenvalue weighted by molar-refractivity contribution is -0.137. The molecular weight excluding hydrogens is 216 g/mol. The van der Waals surface area contributed by atoms with E-state index in [4.69, 9.17) is 10.5 Å². The molecule has 2 aliphatic heterocycles. The maximum Gasteiger partial charge on any atom is 0.228 e. The van der Waals surface area contributed by atoms with Gasteiger partial charge >= 0.3 is 0 Å². The van der Waals surface area contributed by atoms with Gasteiger partial charge in [-0.25, -0.2) is 0 Å². The van der Waals surface area contributed by atoms with Gasteiger partial charge in [0, 0.05) is 19.1 Å². The molecule has 0 bridgehead atoms. The fourth-order valence-corrected chi connectivity index (χ4v) is 2.93. The Morgan fingerprint density at radius 2 is 2.29 bits per heavy atom. The monoisotopic (exact) mass is 240 g/mol. The molecule has 2 heterocycles. The first-order valence-electron chi connectivity index (χ1n) is 6.77. The van der Waals surface area contributed by atoms with Crippen molar-refractivity contribution in [1.29, 1.82) is 0 Å². The zero-order chi connectivity index (χ0) is 12.4. The van der Waals surface area contributed by atoms with E-state index in [1.807, 2.05) is 11.8 Å². The maximum absolute atomic E-state index is 12.3. The van der Waals surface area contributed by atoms with E-state index in [0.717, 1.165) is 32.4 Å². The van der Waals surface area contributed by atoms with E-state index in [2.05, 4.69) is 6.92 Å². The fraction of sp³-hybridized carbons (Fsp3) is 0.923. The molecule has 2 aliphatic rings. The first-order chi connectivity index (χ1) is 8.11. The van der Waals surface area contributed by atoms with Crippen LogP contribution in [-0.2, 0) is 9.53 Å². The van der Waals surface area contributed by atoms with E-state index in [1.54, 1.807) is 0 Å². The van der Waals surface area contributed by atoms with Gasteiger partial charge in [-0.1, -0.05) is 13.3 Å². The molecule has 4 nitrogen and oxygen atoms in total. The van der Waals surface area contributed by atoms with Crippen LogP contribution in [0.2, 0.25) is 0 Å². The highest BCUT2D eigenvalue weighted by atomic mass is 16.5. The average Bonchev–Trinajstić information content (AvgIpc) is 2.75. The van der Waals surface area contributed by atoms with Crippen LogP contribution < -0.4 is 5.73 Å². The highest BCUT2D eigenvalue weighted by Crippen LogP contribution is 2.25. The molecule has 98 valence electrons. The Bertz CT molecular complexity index is 283. The number of rotatable bonds is 2. The summed E-state index contributed by atoms with van der Waals surface area (Å²) in [5.74, 6) is 0.823. The van der Waals surface area contributed by atoms with Crippen LogP contribution in [0.1, 0.15) is 33.1 Å². The van der Waals surface area contributed by atoms with Gasteiger partial charge in [-0.3, -0.25) is 4.79 Å². The average molecular weight is 240 g/mol. The molecule has 2 fully saturated rings. The molecule has 0 radical (unpaired) electrons. The van der Waals surface area contributed by atoms with Crippen LogP contribution in [-0.4, -0.2) is 42.6 Å². The minimum Gasteiger partial charge on any atom is -0.378 e. The van der Waals surface area contributed by atoms with E-state index in [9.17, 15) is 4.79 Å². The van der Waals surface area contributed by atoms with Crippen molar-refractivity contribution in [3.63, 3.8) is 0 Å². The van der Waals surface area contributed by atoms with Crippen molar-refractivity contribution in [3.05, 3.63) is 0 Å². The molecule has 1 amide bonds. The summed E-state index contributed by atoms with van der Waals surface area (Å²) in [4.78, 5) is 14.3. The zero-order valence-electron chi connectivity index (χ0n) is 10.9. The number of ether oxygens (including phenoxy) is 1. The number of hydrogen-bond donors (Lipinski definition) is 1. The summed E-state index contributed by atoms with van der Waals surface area (Å²) in [5.41, 5.74) is 6.06. The first-order valence-corrected chi connectivity index (χ1v) is 6.77. The van der Waals surface area contributed by atoms with E-state index in [-0.39, 0.29) is 24.0 Å². The second-order valence-corrected chi connectivity index (χ2v) is 5.48. The van der Waals surface area contributed by atoms with Gasteiger partial charge in [0.2, 0.25) is 5.91 Å². The number of nitrogens with zero attached hydrogens (tertiary/aromatic N) is 1. The van der Waals surface area contributed by atoms with Crippen molar-refractivity contribution in [2.24, 2.45) is 17.6 Å². The van der Waals surface area contributed by atoms with Crippen LogP contribution in [0.3, 0.4) is 0 Å². The number of amides is 1. The van der Waals surface area contributed by atoms with Crippen molar-refractivity contribution < 1.29 is 9.53 Å². The summed E-state index contributed by atoms with van der Waals surface area (Å²) < 4.78 is 5.48. The summed E-state index contributed by atoms with van der Waals surface area (Å²) in [6, 6.07) is 0.266. The number of nitrogens with two attached hydrogens (primary N) is 1. The van der Waals surface area contributed by atoms with E-state index in [0.29, 0.717) is 12.5 Å². The second kappa shape index (κ2) is 5.36. The summed E-state index contributed by atoms with van der Waals surface area (Å²) in [6.07, 6.45) is 3.10. The second-order valence-electron chi connectivity index (χ2n) is 5.48. The molecule has 0 aromatic heterocycles. The van der Waals surface area contributed by atoms with Gasteiger partial charge in [-0.05, 0) is 25.7 Å². The van der Waals surface area contributed by atoms with Crippen molar-refractivity contribution in [2.45, 2.75) is 45.3 Å². The lowest BCUT2D eigenvalue weighted by atomic mass is 9.90. The van der Waals surface area contributed by atoms with E-state index >= 15 is 0 Å². The van der Waals surface area contributed by atoms with E-state index in [1.165, 1.54) is 0 Å². The Morgan fingerprint density at radius 1 is 1.53 bits per heavy atom. The van der Waals surface area contributed by atoms with Crippen LogP contribution in [0.15, 0.2) is 0 Å². The number of hydrogen-bond acceptors (Lipinski definition) is 3. The molecule has 0 aliphatic carbocycles. The van der Waals surface area contributed by atoms with Crippen molar-refractivity contribution in [1.82, 2.24) is 4.90 Å². The predicted molar refractivity (Wildman–Crippen MR) is 66.5 cm³/mol. The van der Waals surface area contributed by atoms with E-state index < -0.39 is 0 Å². The van der Waals surface area contributed by atoms with Crippen LogP contribution in [0.4, 0.5) is 0 Å². The molecular formula is C13H24N2O2. The Balaban J connectivity index is 1.91. The molecule has 4 atom stereocenters. The van der Waals surface area contributed by atoms with Gasteiger partial charge in [0.15, 0.2) is 0 Å². The van der Waals surface area contributed by atoms with Gasteiger partial charge in [0.05, 0.1) is 18.6 Å². The molecule has 2 N–H and O–H groups in total. The SMILES string of the molecule is CCC1CN(C(=O)C2COC(C)C2)CCC1N. The van der Waals surface area contributed by atoms with Gasteiger partial charge in [0.25, 0.3) is 0 Å². The van der Waals surface area contributed by atoms with Crippen molar-refractivity contribution in [3.8, 4) is 0 Å². The Labute approximate surface area is 103 Å². The first kappa shape index (κ1) is 12.8. The normalized spacial score (nSPS) is 38.4. The largest absolute Gasteiger partial charge is 0.378 e. The third kappa shape index (κ3) is 2.80. The molecule has 2 saturated heterocycles. The summed E-state index contributed by atoms with van der Waals surface area (Å²) >= 11 is 0. The van der Waals surface area contributed by atoms with Gasteiger partial charge < -0.3 is 15.4 Å². The minimum atomic E-state index is 0.0804. The molecule has 4 unspecified atom stereocenters. The number of carbonyl (C=O) groups is 1. The fourth-order valence-electron chi connectivity index (χ4n) is 2.93. The third-order valence-corrected chi connectivity index (χ3v) is 4.18. The minimum absolute atomic E-state index is 0.0804. The molecule has 0 saturated carbocycles. The van der Waals surface area contributed by atoms with Crippen LogP contribution >= 0.6 is 0 Å². The highest BCUT2D eigenvalue weighted by Gasteiger charge is 2.35. The lowest BCUT2D eigenvalue weighted by Gasteiger charge is -2.37. The molecule has 4 heteroatoms. The van der Waals surface area contributed by atoms with Crippen molar-refractivity contribution >= 4 is 5.91 Å². The van der Waals surface area contributed by atoms with Crippen LogP contribution in [0.25, 0.3) is 0 Å². The topological polar surface area (TPSA) is 55.6 Å².